The van der Waals surface area contributed by atoms with Crippen molar-refractivity contribution in [3.63, 3.8) is 0 Å². The summed E-state index contributed by atoms with van der Waals surface area (Å²) in [5, 5.41) is 4.26. The van der Waals surface area contributed by atoms with Crippen molar-refractivity contribution in [2.45, 2.75) is 13.3 Å². The number of amides is 1. The maximum absolute atomic E-state index is 14.1. The van der Waals surface area contributed by atoms with E-state index in [0.717, 1.165) is 39.3 Å². The number of carbonyl (C=O) groups excluding carboxylic acids is 1. The van der Waals surface area contributed by atoms with Crippen LogP contribution in [0.15, 0.2) is 28.8 Å². The lowest BCUT2D eigenvalue weighted by atomic mass is 10.3. The summed E-state index contributed by atoms with van der Waals surface area (Å²) >= 11 is 1.29. The summed E-state index contributed by atoms with van der Waals surface area (Å²) < 4.78 is 25.3. The van der Waals surface area contributed by atoms with Crippen LogP contribution in [0.5, 0.6) is 0 Å². The van der Waals surface area contributed by atoms with E-state index in [1.807, 2.05) is 0 Å². The van der Waals surface area contributed by atoms with Crippen molar-refractivity contribution in [3.8, 4) is 0 Å². The van der Waals surface area contributed by atoms with Gasteiger partial charge in [-0.1, -0.05) is 22.6 Å². The van der Waals surface area contributed by atoms with Gasteiger partial charge in [-0.25, -0.2) is 9.37 Å². The van der Waals surface area contributed by atoms with Crippen LogP contribution in [-0.4, -0.2) is 60.3 Å². The number of carbonyl (C=O) groups is 1. The van der Waals surface area contributed by atoms with Gasteiger partial charge < -0.3 is 9.26 Å². The predicted octanol–water partition coefficient (Wildman–Crippen LogP) is 3.10. The summed E-state index contributed by atoms with van der Waals surface area (Å²) in [6, 6.07) is 6.42. The SMILES string of the molecule is Cc1cc(C(=O)N(CCCN2CCOCC2)c2nc3c(F)cccc3s2)on1. The molecular formula is C19H21FN4O3S. The molecule has 0 radical (unpaired) electrons. The molecule has 0 aliphatic carbocycles. The lowest BCUT2D eigenvalue weighted by molar-refractivity contribution is 0.0376. The number of nitrogens with zero attached hydrogens (tertiary/aromatic N) is 4. The molecule has 2 aromatic heterocycles. The van der Waals surface area contributed by atoms with Gasteiger partial charge in [0.05, 0.1) is 23.6 Å². The van der Waals surface area contributed by atoms with E-state index in [1.165, 1.54) is 17.4 Å². The second kappa shape index (κ2) is 8.34. The molecule has 1 amide bonds. The van der Waals surface area contributed by atoms with Gasteiger partial charge in [0.2, 0.25) is 5.76 Å². The number of anilines is 1. The first-order valence-corrected chi connectivity index (χ1v) is 10.0. The Morgan fingerprint density at radius 2 is 2.18 bits per heavy atom. The number of fused-ring (bicyclic) bond motifs is 1. The molecule has 9 heteroatoms. The Morgan fingerprint density at radius 3 is 2.89 bits per heavy atom. The molecule has 0 N–H and O–H groups in total. The summed E-state index contributed by atoms with van der Waals surface area (Å²) in [5.41, 5.74) is 0.911. The van der Waals surface area contributed by atoms with Crippen LogP contribution in [0.2, 0.25) is 0 Å². The minimum Gasteiger partial charge on any atom is -0.379 e. The summed E-state index contributed by atoms with van der Waals surface area (Å²) in [4.78, 5) is 21.3. The van der Waals surface area contributed by atoms with E-state index in [4.69, 9.17) is 9.26 Å². The zero-order valence-corrected chi connectivity index (χ0v) is 16.4. The molecule has 1 saturated heterocycles. The zero-order chi connectivity index (χ0) is 19.5. The van der Waals surface area contributed by atoms with Crippen molar-refractivity contribution < 1.29 is 18.4 Å². The van der Waals surface area contributed by atoms with Crippen LogP contribution in [0.25, 0.3) is 10.2 Å². The number of aryl methyl sites for hydroxylation is 1. The number of aromatic nitrogens is 2. The highest BCUT2D eigenvalue weighted by molar-refractivity contribution is 7.22. The van der Waals surface area contributed by atoms with E-state index >= 15 is 0 Å². The Kier molecular flexibility index (Phi) is 5.65. The van der Waals surface area contributed by atoms with Crippen LogP contribution in [0.3, 0.4) is 0 Å². The lowest BCUT2D eigenvalue weighted by Gasteiger charge is -2.27. The highest BCUT2D eigenvalue weighted by Gasteiger charge is 2.25. The highest BCUT2D eigenvalue weighted by atomic mass is 32.1. The number of rotatable bonds is 6. The summed E-state index contributed by atoms with van der Waals surface area (Å²) in [6.07, 6.45) is 0.761. The molecule has 3 heterocycles. The van der Waals surface area contributed by atoms with Crippen molar-refractivity contribution in [3.05, 3.63) is 41.5 Å². The van der Waals surface area contributed by atoms with Gasteiger partial charge in [0.25, 0.3) is 5.91 Å². The molecule has 3 aromatic rings. The molecule has 0 saturated carbocycles. The number of ether oxygens (including phenoxy) is 1. The van der Waals surface area contributed by atoms with Crippen molar-refractivity contribution in [2.24, 2.45) is 0 Å². The maximum atomic E-state index is 14.1. The summed E-state index contributed by atoms with van der Waals surface area (Å²) in [5.74, 6) is -0.554. The molecule has 1 aliphatic rings. The Bertz CT molecular complexity index is 967. The Balaban J connectivity index is 1.56. The fourth-order valence-electron chi connectivity index (χ4n) is 3.18. The highest BCUT2D eigenvalue weighted by Crippen LogP contribution is 2.31. The topological polar surface area (TPSA) is 71.7 Å². The normalized spacial score (nSPS) is 15.2. The summed E-state index contributed by atoms with van der Waals surface area (Å²) in [7, 11) is 0. The zero-order valence-electron chi connectivity index (χ0n) is 15.6. The van der Waals surface area contributed by atoms with Crippen molar-refractivity contribution in [1.29, 1.82) is 0 Å². The average Bonchev–Trinajstić information content (AvgIpc) is 3.33. The van der Waals surface area contributed by atoms with Gasteiger partial charge in [0.15, 0.2) is 5.13 Å². The monoisotopic (exact) mass is 404 g/mol. The Morgan fingerprint density at radius 1 is 1.36 bits per heavy atom. The fourth-order valence-corrected chi connectivity index (χ4v) is 4.18. The van der Waals surface area contributed by atoms with Gasteiger partial charge in [-0.2, -0.15) is 0 Å². The minimum atomic E-state index is -0.392. The van der Waals surface area contributed by atoms with E-state index in [2.05, 4.69) is 15.0 Å². The molecule has 28 heavy (non-hydrogen) atoms. The molecule has 7 nitrogen and oxygen atoms in total. The number of morpholine rings is 1. The molecule has 0 spiro atoms. The molecular weight excluding hydrogens is 383 g/mol. The van der Waals surface area contributed by atoms with Crippen LogP contribution in [0.1, 0.15) is 22.7 Å². The van der Waals surface area contributed by atoms with E-state index in [1.54, 1.807) is 30.0 Å². The second-order valence-corrected chi connectivity index (χ2v) is 7.69. The number of halogens is 1. The predicted molar refractivity (Wildman–Crippen MR) is 104 cm³/mol. The summed E-state index contributed by atoms with van der Waals surface area (Å²) in [6.45, 7) is 6.31. The Labute approximate surface area is 165 Å². The third-order valence-electron chi connectivity index (χ3n) is 4.63. The van der Waals surface area contributed by atoms with Crippen LogP contribution < -0.4 is 4.90 Å². The van der Waals surface area contributed by atoms with E-state index < -0.39 is 5.82 Å². The first-order valence-electron chi connectivity index (χ1n) is 9.22. The van der Waals surface area contributed by atoms with Gasteiger partial charge in [-0.15, -0.1) is 0 Å². The second-order valence-electron chi connectivity index (χ2n) is 6.68. The third-order valence-corrected chi connectivity index (χ3v) is 5.68. The fraction of sp³-hybridized carbons (Fsp3) is 0.421. The van der Waals surface area contributed by atoms with Gasteiger partial charge >= 0.3 is 0 Å². The number of para-hydroxylation sites is 1. The van der Waals surface area contributed by atoms with Crippen molar-refractivity contribution in [2.75, 3.05) is 44.3 Å². The molecule has 0 bridgehead atoms. The first-order chi connectivity index (χ1) is 13.6. The quantitative estimate of drug-likeness (QED) is 0.629. The standard InChI is InChI=1S/C19H21FN4O3S/c1-13-12-15(27-22-13)18(25)24(7-3-6-23-8-10-26-11-9-23)19-21-17-14(20)4-2-5-16(17)28-19/h2,4-5,12H,3,6-11H2,1H3. The van der Waals surface area contributed by atoms with Crippen LogP contribution >= 0.6 is 11.3 Å². The van der Waals surface area contributed by atoms with E-state index in [9.17, 15) is 9.18 Å². The van der Waals surface area contributed by atoms with Gasteiger partial charge in [0.1, 0.15) is 11.3 Å². The number of benzene rings is 1. The maximum Gasteiger partial charge on any atom is 0.298 e. The van der Waals surface area contributed by atoms with Gasteiger partial charge in [-0.3, -0.25) is 14.6 Å². The van der Waals surface area contributed by atoms with Crippen molar-refractivity contribution >= 4 is 32.6 Å². The van der Waals surface area contributed by atoms with E-state index in [0.29, 0.717) is 22.1 Å². The molecule has 1 aromatic carbocycles. The molecule has 0 atom stereocenters. The van der Waals surface area contributed by atoms with Crippen LogP contribution in [-0.2, 0) is 4.74 Å². The number of thiazole rings is 1. The number of hydrogen-bond donors (Lipinski definition) is 0. The average molecular weight is 404 g/mol. The molecule has 1 aliphatic heterocycles. The van der Waals surface area contributed by atoms with Gasteiger partial charge in [-0.05, 0) is 25.5 Å². The molecule has 4 rings (SSSR count). The lowest BCUT2D eigenvalue weighted by Crippen LogP contribution is -2.39. The smallest absolute Gasteiger partial charge is 0.298 e. The minimum absolute atomic E-state index is 0.156. The van der Waals surface area contributed by atoms with Crippen LogP contribution in [0, 0.1) is 12.7 Å². The number of hydrogen-bond acceptors (Lipinski definition) is 7. The van der Waals surface area contributed by atoms with Crippen molar-refractivity contribution in [1.82, 2.24) is 15.0 Å². The molecule has 148 valence electrons. The molecule has 0 unspecified atom stereocenters. The third kappa shape index (κ3) is 4.06. The Hall–Kier alpha value is -2.36. The van der Waals surface area contributed by atoms with E-state index in [-0.39, 0.29) is 17.2 Å². The largest absolute Gasteiger partial charge is 0.379 e. The van der Waals surface area contributed by atoms with Crippen LogP contribution in [0.4, 0.5) is 9.52 Å². The first kappa shape index (κ1) is 19.0. The molecule has 1 fully saturated rings. The van der Waals surface area contributed by atoms with Gasteiger partial charge in [0, 0.05) is 32.2 Å².